The molecule has 1 heterocycles. The summed E-state index contributed by atoms with van der Waals surface area (Å²) in [7, 11) is 0. The molecule has 0 aliphatic carbocycles. The second kappa shape index (κ2) is 9.62. The Morgan fingerprint density at radius 3 is 2.30 bits per heavy atom. The van der Waals surface area contributed by atoms with Crippen LogP contribution in [0.15, 0.2) is 72.8 Å². The zero-order valence-corrected chi connectivity index (χ0v) is 19.1. The van der Waals surface area contributed by atoms with Gasteiger partial charge in [-0.25, -0.2) is 0 Å². The van der Waals surface area contributed by atoms with Crippen molar-refractivity contribution >= 4 is 40.5 Å². The quantitative estimate of drug-likeness (QED) is 0.420. The van der Waals surface area contributed by atoms with Gasteiger partial charge in [0.15, 0.2) is 0 Å². The maximum Gasteiger partial charge on any atom is 0.0654 e. The third-order valence-corrected chi connectivity index (χ3v) is 6.65. The van der Waals surface area contributed by atoms with Gasteiger partial charge in [-0.05, 0) is 61.2 Å². The van der Waals surface area contributed by atoms with Crippen molar-refractivity contribution in [2.75, 3.05) is 11.4 Å². The Morgan fingerprint density at radius 1 is 0.900 bits per heavy atom. The number of benzene rings is 3. The van der Waals surface area contributed by atoms with Crippen LogP contribution in [-0.4, -0.2) is 12.6 Å². The number of rotatable bonds is 5. The molecule has 1 N–H and O–H groups in total. The first-order chi connectivity index (χ1) is 14.5. The first kappa shape index (κ1) is 21.5. The molecule has 156 valence electrons. The van der Waals surface area contributed by atoms with Crippen LogP contribution in [0.25, 0.3) is 0 Å². The van der Waals surface area contributed by atoms with Crippen molar-refractivity contribution in [2.45, 2.75) is 37.9 Å². The summed E-state index contributed by atoms with van der Waals surface area (Å²) in [5, 5.41) is 5.92. The molecule has 1 aliphatic heterocycles. The van der Waals surface area contributed by atoms with Gasteiger partial charge < -0.3 is 10.2 Å². The summed E-state index contributed by atoms with van der Waals surface area (Å²) in [5.74, 6) is 0. The molecule has 0 spiro atoms. The molecule has 1 aliphatic rings. The monoisotopic (exact) mass is 458 g/mol. The summed E-state index contributed by atoms with van der Waals surface area (Å²) < 4.78 is 0. The SMILES string of the molecule is CC(NC1CCN(c2ccc(Cl)cc2Cl)C(c2ccc(Cl)cc2)C1)c1ccccc1. The molecular weight excluding hydrogens is 435 g/mol. The predicted molar refractivity (Wildman–Crippen MR) is 129 cm³/mol. The largest absolute Gasteiger partial charge is 0.363 e. The summed E-state index contributed by atoms with van der Waals surface area (Å²) in [5.41, 5.74) is 3.57. The fraction of sp³-hybridized carbons (Fsp3) is 0.280. The first-order valence-corrected chi connectivity index (χ1v) is 11.4. The Morgan fingerprint density at radius 2 is 1.60 bits per heavy atom. The number of piperidine rings is 1. The van der Waals surface area contributed by atoms with E-state index in [0.29, 0.717) is 22.1 Å². The van der Waals surface area contributed by atoms with Crippen molar-refractivity contribution in [2.24, 2.45) is 0 Å². The fourth-order valence-corrected chi connectivity index (χ4v) is 4.95. The van der Waals surface area contributed by atoms with Gasteiger partial charge in [0.25, 0.3) is 0 Å². The van der Waals surface area contributed by atoms with Crippen LogP contribution in [0.2, 0.25) is 15.1 Å². The van der Waals surface area contributed by atoms with E-state index in [1.807, 2.05) is 30.3 Å². The number of hydrogen-bond donors (Lipinski definition) is 1. The highest BCUT2D eigenvalue weighted by molar-refractivity contribution is 6.36. The first-order valence-electron chi connectivity index (χ1n) is 10.3. The molecule has 2 nitrogen and oxygen atoms in total. The second-order valence-electron chi connectivity index (χ2n) is 7.88. The molecule has 3 atom stereocenters. The lowest BCUT2D eigenvalue weighted by Crippen LogP contribution is -2.45. The van der Waals surface area contributed by atoms with E-state index in [2.05, 4.69) is 59.6 Å². The number of nitrogens with zero attached hydrogens (tertiary/aromatic N) is 1. The van der Waals surface area contributed by atoms with Gasteiger partial charge in [0.2, 0.25) is 0 Å². The standard InChI is InChI=1S/C25H25Cl3N2/c1-17(18-5-3-2-4-6-18)29-22-13-14-30(24-12-11-21(27)15-23(24)28)25(16-22)19-7-9-20(26)10-8-19/h2-12,15,17,22,25,29H,13-14,16H2,1H3. The summed E-state index contributed by atoms with van der Waals surface area (Å²) in [6, 6.07) is 25.4. The van der Waals surface area contributed by atoms with Gasteiger partial charge in [0, 0.05) is 28.7 Å². The van der Waals surface area contributed by atoms with E-state index in [0.717, 1.165) is 30.1 Å². The third-order valence-electron chi connectivity index (χ3n) is 5.86. The second-order valence-corrected chi connectivity index (χ2v) is 9.16. The normalized spacial score (nSPS) is 20.2. The minimum atomic E-state index is 0.204. The van der Waals surface area contributed by atoms with Crippen LogP contribution in [-0.2, 0) is 0 Å². The minimum absolute atomic E-state index is 0.204. The molecular formula is C25H25Cl3N2. The lowest BCUT2D eigenvalue weighted by Gasteiger charge is -2.42. The molecule has 0 bridgehead atoms. The Kier molecular flexibility index (Phi) is 6.90. The van der Waals surface area contributed by atoms with Gasteiger partial charge in [0.05, 0.1) is 16.8 Å². The molecule has 4 rings (SSSR count). The van der Waals surface area contributed by atoms with E-state index in [1.165, 1.54) is 11.1 Å². The third kappa shape index (κ3) is 4.95. The lowest BCUT2D eigenvalue weighted by molar-refractivity contribution is 0.336. The summed E-state index contributed by atoms with van der Waals surface area (Å²) in [6.07, 6.45) is 2.03. The van der Waals surface area contributed by atoms with E-state index >= 15 is 0 Å². The van der Waals surface area contributed by atoms with E-state index in [9.17, 15) is 0 Å². The van der Waals surface area contributed by atoms with Crippen LogP contribution in [0.1, 0.15) is 43.0 Å². The Labute approximate surface area is 193 Å². The average Bonchev–Trinajstić information content (AvgIpc) is 2.75. The molecule has 3 unspecified atom stereocenters. The minimum Gasteiger partial charge on any atom is -0.363 e. The Bertz CT molecular complexity index is 975. The molecule has 1 saturated heterocycles. The lowest BCUT2D eigenvalue weighted by atomic mass is 9.90. The van der Waals surface area contributed by atoms with Gasteiger partial charge in [-0.3, -0.25) is 0 Å². The maximum absolute atomic E-state index is 6.58. The van der Waals surface area contributed by atoms with Crippen LogP contribution in [0.4, 0.5) is 5.69 Å². The van der Waals surface area contributed by atoms with Crippen LogP contribution in [0.3, 0.4) is 0 Å². The maximum atomic E-state index is 6.58. The molecule has 3 aromatic rings. The van der Waals surface area contributed by atoms with Crippen LogP contribution >= 0.6 is 34.8 Å². The highest BCUT2D eigenvalue weighted by Gasteiger charge is 2.31. The molecule has 5 heteroatoms. The van der Waals surface area contributed by atoms with Crippen molar-refractivity contribution < 1.29 is 0 Å². The molecule has 0 aromatic heterocycles. The van der Waals surface area contributed by atoms with Crippen LogP contribution < -0.4 is 10.2 Å². The van der Waals surface area contributed by atoms with E-state index < -0.39 is 0 Å². The van der Waals surface area contributed by atoms with Gasteiger partial charge in [0.1, 0.15) is 0 Å². The highest BCUT2D eigenvalue weighted by Crippen LogP contribution is 2.40. The predicted octanol–water partition coefficient (Wildman–Crippen LogP) is 7.71. The molecule has 0 amide bonds. The number of nitrogens with one attached hydrogen (secondary N) is 1. The van der Waals surface area contributed by atoms with E-state index in [4.69, 9.17) is 34.8 Å². The van der Waals surface area contributed by atoms with Gasteiger partial charge in [-0.2, -0.15) is 0 Å². The summed E-state index contributed by atoms with van der Waals surface area (Å²) in [4.78, 5) is 2.40. The molecule has 1 fully saturated rings. The molecule has 30 heavy (non-hydrogen) atoms. The average molecular weight is 460 g/mol. The van der Waals surface area contributed by atoms with Crippen LogP contribution in [0, 0.1) is 0 Å². The summed E-state index contributed by atoms with van der Waals surface area (Å²) in [6.45, 7) is 3.14. The van der Waals surface area contributed by atoms with Crippen molar-refractivity contribution in [3.05, 3.63) is 99.0 Å². The van der Waals surface area contributed by atoms with Crippen LogP contribution in [0.5, 0.6) is 0 Å². The Balaban J connectivity index is 1.59. The van der Waals surface area contributed by atoms with E-state index in [1.54, 1.807) is 0 Å². The van der Waals surface area contributed by atoms with Crippen molar-refractivity contribution in [3.8, 4) is 0 Å². The molecule has 0 saturated carbocycles. The van der Waals surface area contributed by atoms with Gasteiger partial charge in [-0.1, -0.05) is 77.3 Å². The fourth-order valence-electron chi connectivity index (χ4n) is 4.31. The Hall–Kier alpha value is -1.71. The topological polar surface area (TPSA) is 15.3 Å². The zero-order valence-electron chi connectivity index (χ0n) is 16.9. The number of halogens is 3. The number of hydrogen-bond acceptors (Lipinski definition) is 2. The molecule has 0 radical (unpaired) electrons. The number of anilines is 1. The van der Waals surface area contributed by atoms with Crippen molar-refractivity contribution in [1.82, 2.24) is 5.32 Å². The van der Waals surface area contributed by atoms with Crippen molar-refractivity contribution in [3.63, 3.8) is 0 Å². The highest BCUT2D eigenvalue weighted by atomic mass is 35.5. The molecule has 3 aromatic carbocycles. The summed E-state index contributed by atoms with van der Waals surface area (Å²) >= 11 is 18.9. The zero-order chi connectivity index (χ0) is 21.1. The van der Waals surface area contributed by atoms with Gasteiger partial charge in [-0.15, -0.1) is 0 Å². The van der Waals surface area contributed by atoms with Crippen molar-refractivity contribution in [1.29, 1.82) is 0 Å². The van der Waals surface area contributed by atoms with E-state index in [-0.39, 0.29) is 6.04 Å². The van der Waals surface area contributed by atoms with Gasteiger partial charge >= 0.3 is 0 Å². The smallest absolute Gasteiger partial charge is 0.0654 e.